The number of hydrogen-bond donors (Lipinski definition) is 0. The summed E-state index contributed by atoms with van der Waals surface area (Å²) in [5, 5.41) is 0. The van der Waals surface area contributed by atoms with Crippen molar-refractivity contribution in [2.24, 2.45) is 11.8 Å². The molecule has 0 unspecified atom stereocenters. The van der Waals surface area contributed by atoms with Gasteiger partial charge in [-0.25, -0.2) is 0 Å². The smallest absolute Gasteiger partial charge is 0.305 e. The van der Waals surface area contributed by atoms with E-state index >= 15 is 0 Å². The van der Waals surface area contributed by atoms with Crippen LogP contribution in [0.1, 0.15) is 26.2 Å². The van der Waals surface area contributed by atoms with E-state index < -0.39 is 0 Å². The first-order chi connectivity index (χ1) is 7.52. The number of hydrogen-bond acceptors (Lipinski definition) is 5. The van der Waals surface area contributed by atoms with Crippen LogP contribution in [0.3, 0.4) is 0 Å². The Kier molecular flexibility index (Phi) is 4.46. The van der Waals surface area contributed by atoms with Crippen LogP contribution < -0.4 is 0 Å². The summed E-state index contributed by atoms with van der Waals surface area (Å²) in [7, 11) is 1.32. The predicted molar refractivity (Wildman–Crippen MR) is 54.5 cm³/mol. The van der Waals surface area contributed by atoms with Gasteiger partial charge in [-0.3, -0.25) is 14.4 Å². The van der Waals surface area contributed by atoms with Crippen LogP contribution in [0, 0.1) is 11.8 Å². The summed E-state index contributed by atoms with van der Waals surface area (Å²) in [4.78, 5) is 33.1. The molecule has 1 saturated carbocycles. The van der Waals surface area contributed by atoms with Gasteiger partial charge in [0, 0.05) is 32.1 Å². The fraction of sp³-hybridized carbons (Fsp3) is 0.727. The zero-order valence-electron chi connectivity index (χ0n) is 9.52. The third-order valence-electron chi connectivity index (χ3n) is 2.80. The molecule has 0 radical (unpaired) electrons. The van der Waals surface area contributed by atoms with Crippen LogP contribution in [0.25, 0.3) is 0 Å². The SMILES string of the molecule is COC(=O)C[C@@H]1CC(=O)C[C@@H]1COC(C)=O. The second kappa shape index (κ2) is 5.63. The number of ketones is 1. The van der Waals surface area contributed by atoms with Crippen LogP contribution >= 0.6 is 0 Å². The lowest BCUT2D eigenvalue weighted by Gasteiger charge is -2.16. The van der Waals surface area contributed by atoms with Gasteiger partial charge in [0.1, 0.15) is 5.78 Å². The Morgan fingerprint density at radius 1 is 1.31 bits per heavy atom. The van der Waals surface area contributed by atoms with Crippen LogP contribution in [-0.4, -0.2) is 31.4 Å². The molecule has 2 atom stereocenters. The lowest BCUT2D eigenvalue weighted by Crippen LogP contribution is -2.19. The Balaban J connectivity index is 2.49. The first-order valence-corrected chi connectivity index (χ1v) is 5.24. The lowest BCUT2D eigenvalue weighted by atomic mass is 9.94. The van der Waals surface area contributed by atoms with E-state index in [0.29, 0.717) is 12.8 Å². The number of rotatable bonds is 4. The molecule has 0 bridgehead atoms. The van der Waals surface area contributed by atoms with Crippen molar-refractivity contribution in [1.29, 1.82) is 0 Å². The second-order valence-corrected chi connectivity index (χ2v) is 4.05. The predicted octanol–water partition coefficient (Wildman–Crippen LogP) is 0.708. The first-order valence-electron chi connectivity index (χ1n) is 5.24. The molecule has 0 amide bonds. The third kappa shape index (κ3) is 3.64. The van der Waals surface area contributed by atoms with Gasteiger partial charge in [-0.2, -0.15) is 0 Å². The van der Waals surface area contributed by atoms with Crippen molar-refractivity contribution in [3.8, 4) is 0 Å². The summed E-state index contributed by atoms with van der Waals surface area (Å²) < 4.78 is 9.44. The number of esters is 2. The summed E-state index contributed by atoms with van der Waals surface area (Å²) in [5.41, 5.74) is 0. The maximum absolute atomic E-state index is 11.3. The molecule has 1 aliphatic carbocycles. The second-order valence-electron chi connectivity index (χ2n) is 4.05. The van der Waals surface area contributed by atoms with E-state index in [4.69, 9.17) is 4.74 Å². The van der Waals surface area contributed by atoms with Crippen LogP contribution in [0.2, 0.25) is 0 Å². The van der Waals surface area contributed by atoms with Gasteiger partial charge in [0.05, 0.1) is 13.7 Å². The van der Waals surface area contributed by atoms with Gasteiger partial charge in [0.2, 0.25) is 0 Å². The highest BCUT2D eigenvalue weighted by Gasteiger charge is 2.35. The molecule has 1 aliphatic rings. The van der Waals surface area contributed by atoms with Crippen molar-refractivity contribution in [3.63, 3.8) is 0 Å². The molecule has 5 nitrogen and oxygen atoms in total. The van der Waals surface area contributed by atoms with Crippen molar-refractivity contribution >= 4 is 17.7 Å². The van der Waals surface area contributed by atoms with Gasteiger partial charge >= 0.3 is 11.9 Å². The van der Waals surface area contributed by atoms with E-state index in [1.54, 1.807) is 0 Å². The number of ether oxygens (including phenoxy) is 2. The molecule has 0 saturated heterocycles. The van der Waals surface area contributed by atoms with Crippen molar-refractivity contribution in [1.82, 2.24) is 0 Å². The molecule has 0 aromatic carbocycles. The molecular formula is C11H16O5. The Bertz CT molecular complexity index is 297. The first kappa shape index (κ1) is 12.7. The fourth-order valence-electron chi connectivity index (χ4n) is 1.96. The Morgan fingerprint density at radius 3 is 2.50 bits per heavy atom. The molecule has 0 aliphatic heterocycles. The molecule has 0 spiro atoms. The van der Waals surface area contributed by atoms with E-state index in [2.05, 4.69) is 4.74 Å². The van der Waals surface area contributed by atoms with Gasteiger partial charge in [-0.15, -0.1) is 0 Å². The van der Waals surface area contributed by atoms with Gasteiger partial charge in [-0.1, -0.05) is 0 Å². The van der Waals surface area contributed by atoms with Gasteiger partial charge in [0.15, 0.2) is 0 Å². The standard InChI is InChI=1S/C11H16O5/c1-7(12)16-6-9-4-10(13)3-8(9)5-11(14)15-2/h8-9H,3-6H2,1-2H3/t8-,9+/m0/s1. The third-order valence-corrected chi connectivity index (χ3v) is 2.80. The largest absolute Gasteiger partial charge is 0.469 e. The molecular weight excluding hydrogens is 212 g/mol. The highest BCUT2D eigenvalue weighted by molar-refractivity contribution is 5.82. The molecule has 1 fully saturated rings. The van der Waals surface area contributed by atoms with Crippen LogP contribution in [0.5, 0.6) is 0 Å². The van der Waals surface area contributed by atoms with Crippen molar-refractivity contribution in [3.05, 3.63) is 0 Å². The normalized spacial score (nSPS) is 24.2. The summed E-state index contributed by atoms with van der Waals surface area (Å²) in [5.74, 6) is -0.676. The average Bonchev–Trinajstić information content (AvgIpc) is 2.55. The maximum atomic E-state index is 11.3. The zero-order valence-corrected chi connectivity index (χ0v) is 9.52. The van der Waals surface area contributed by atoms with E-state index in [0.717, 1.165) is 0 Å². The minimum Gasteiger partial charge on any atom is -0.469 e. The number of Topliss-reactive ketones (excluding diaryl/α,β-unsaturated/α-hetero) is 1. The summed E-state index contributed by atoms with van der Waals surface area (Å²) in [6, 6.07) is 0. The Morgan fingerprint density at radius 2 is 1.94 bits per heavy atom. The topological polar surface area (TPSA) is 69.7 Å². The molecule has 16 heavy (non-hydrogen) atoms. The van der Waals surface area contributed by atoms with Crippen molar-refractivity contribution < 1.29 is 23.9 Å². The van der Waals surface area contributed by atoms with E-state index in [1.807, 2.05) is 0 Å². The lowest BCUT2D eigenvalue weighted by molar-refractivity contribution is -0.143. The highest BCUT2D eigenvalue weighted by atomic mass is 16.5. The number of carbonyl (C=O) groups excluding carboxylic acids is 3. The number of methoxy groups -OCH3 is 1. The summed E-state index contributed by atoms with van der Waals surface area (Å²) in [6.45, 7) is 1.54. The Labute approximate surface area is 94.1 Å². The molecule has 5 heteroatoms. The minimum absolute atomic E-state index is 0.0458. The van der Waals surface area contributed by atoms with Gasteiger partial charge in [0.25, 0.3) is 0 Å². The maximum Gasteiger partial charge on any atom is 0.305 e. The molecule has 0 N–H and O–H groups in total. The molecule has 0 aromatic heterocycles. The molecule has 0 heterocycles. The summed E-state index contributed by atoms with van der Waals surface area (Å²) in [6.07, 6.45) is 0.976. The highest BCUT2D eigenvalue weighted by Crippen LogP contribution is 2.32. The summed E-state index contributed by atoms with van der Waals surface area (Å²) >= 11 is 0. The number of carbonyl (C=O) groups is 3. The average molecular weight is 228 g/mol. The Hall–Kier alpha value is -1.39. The molecule has 90 valence electrons. The van der Waals surface area contributed by atoms with Crippen LogP contribution in [0.15, 0.2) is 0 Å². The van der Waals surface area contributed by atoms with Crippen molar-refractivity contribution in [2.45, 2.75) is 26.2 Å². The minimum atomic E-state index is -0.365. The molecule has 1 rings (SSSR count). The zero-order chi connectivity index (χ0) is 12.1. The van der Waals surface area contributed by atoms with Crippen LogP contribution in [0.4, 0.5) is 0 Å². The monoisotopic (exact) mass is 228 g/mol. The van der Waals surface area contributed by atoms with Crippen LogP contribution in [-0.2, 0) is 23.9 Å². The molecule has 0 aromatic rings. The van der Waals surface area contributed by atoms with Gasteiger partial charge in [-0.05, 0) is 5.92 Å². The van der Waals surface area contributed by atoms with E-state index in [-0.39, 0.29) is 42.6 Å². The van der Waals surface area contributed by atoms with E-state index in [1.165, 1.54) is 14.0 Å². The van der Waals surface area contributed by atoms with E-state index in [9.17, 15) is 14.4 Å². The van der Waals surface area contributed by atoms with Crippen molar-refractivity contribution in [2.75, 3.05) is 13.7 Å². The fourth-order valence-corrected chi connectivity index (χ4v) is 1.96. The van der Waals surface area contributed by atoms with Gasteiger partial charge < -0.3 is 9.47 Å². The quantitative estimate of drug-likeness (QED) is 0.663.